The molecular weight excluding hydrogens is 450 g/mol. The molecule has 2 fully saturated rings. The Bertz CT molecular complexity index is 1230. The molecule has 2 aliphatic heterocycles. The van der Waals surface area contributed by atoms with Crippen molar-refractivity contribution in [1.82, 2.24) is 14.2 Å². The van der Waals surface area contributed by atoms with Gasteiger partial charge in [0.1, 0.15) is 11.4 Å². The van der Waals surface area contributed by atoms with Gasteiger partial charge >= 0.3 is 0 Å². The number of piperidine rings is 1. The minimum atomic E-state index is -3.61. The third kappa shape index (κ3) is 4.32. The number of carbonyl (C=O) groups excluding carboxylic acids is 1. The number of carbonyl (C=O) groups is 1. The molecule has 0 bridgehead atoms. The van der Waals surface area contributed by atoms with Gasteiger partial charge in [0.05, 0.1) is 0 Å². The second-order valence-electron chi connectivity index (χ2n) is 9.64. The lowest BCUT2D eigenvalue weighted by molar-refractivity contribution is -0.124. The molecule has 1 saturated heterocycles. The number of aromatic nitrogens is 1. The molecule has 0 radical (unpaired) electrons. The van der Waals surface area contributed by atoms with Crippen molar-refractivity contribution >= 4 is 38.7 Å². The number of amides is 1. The summed E-state index contributed by atoms with van der Waals surface area (Å²) in [7, 11) is -3.61. The van der Waals surface area contributed by atoms with Crippen LogP contribution in [0.4, 0.5) is 0 Å². The number of hydrogen-bond acceptors (Lipinski definition) is 5. The highest BCUT2D eigenvalue weighted by molar-refractivity contribution is 7.92. The van der Waals surface area contributed by atoms with E-state index >= 15 is 0 Å². The van der Waals surface area contributed by atoms with E-state index in [1.165, 1.54) is 29.0 Å². The number of rotatable bonds is 6. The molecular formula is C25H33N5O3S. The zero-order valence-electron chi connectivity index (χ0n) is 19.4. The SMILES string of the molecule is NCCn1ccc2c(C=CS(=O)(=O)N3CCC4(CC3)N=C(C3CCCCC3)NC4=O)cccc21. The molecule has 2 aromatic rings. The van der Waals surface area contributed by atoms with Crippen LogP contribution in [0.2, 0.25) is 0 Å². The number of nitrogens with zero attached hydrogens (tertiary/aromatic N) is 3. The lowest BCUT2D eigenvalue weighted by Crippen LogP contribution is -2.50. The van der Waals surface area contributed by atoms with Gasteiger partial charge < -0.3 is 15.6 Å². The Morgan fingerprint density at radius 3 is 2.65 bits per heavy atom. The van der Waals surface area contributed by atoms with Crippen LogP contribution < -0.4 is 11.1 Å². The van der Waals surface area contributed by atoms with Crippen LogP contribution in [-0.4, -0.2) is 54.2 Å². The molecule has 182 valence electrons. The van der Waals surface area contributed by atoms with Gasteiger partial charge in [-0.3, -0.25) is 9.79 Å². The highest BCUT2D eigenvalue weighted by Gasteiger charge is 2.48. The van der Waals surface area contributed by atoms with Gasteiger partial charge in [0.15, 0.2) is 0 Å². The van der Waals surface area contributed by atoms with Crippen molar-refractivity contribution in [2.24, 2.45) is 16.6 Å². The molecule has 5 rings (SSSR count). The molecule has 3 aliphatic rings. The Kier molecular flexibility index (Phi) is 6.35. The molecule has 1 saturated carbocycles. The first-order valence-electron chi connectivity index (χ1n) is 12.3. The first kappa shape index (κ1) is 23.3. The summed E-state index contributed by atoms with van der Waals surface area (Å²) in [4.78, 5) is 17.7. The summed E-state index contributed by atoms with van der Waals surface area (Å²) in [6.07, 6.45) is 10.2. The molecule has 3 N–H and O–H groups in total. The van der Waals surface area contributed by atoms with Crippen molar-refractivity contribution in [2.75, 3.05) is 19.6 Å². The summed E-state index contributed by atoms with van der Waals surface area (Å²) in [5.74, 6) is 1.11. The minimum Gasteiger partial charge on any atom is -0.346 e. The lowest BCUT2D eigenvalue weighted by Gasteiger charge is -2.34. The second kappa shape index (κ2) is 9.28. The van der Waals surface area contributed by atoms with Crippen LogP contribution in [0.5, 0.6) is 0 Å². The van der Waals surface area contributed by atoms with Gasteiger partial charge in [0.25, 0.3) is 5.91 Å². The van der Waals surface area contributed by atoms with Crippen LogP contribution in [0.3, 0.4) is 0 Å². The number of sulfonamides is 1. The molecule has 1 aromatic carbocycles. The Morgan fingerprint density at radius 1 is 1.15 bits per heavy atom. The third-order valence-corrected chi connectivity index (χ3v) is 9.10. The normalized spacial score (nSPS) is 22.0. The van der Waals surface area contributed by atoms with Crippen molar-refractivity contribution < 1.29 is 13.2 Å². The van der Waals surface area contributed by atoms with Gasteiger partial charge in [0.2, 0.25) is 10.0 Å². The highest BCUT2D eigenvalue weighted by atomic mass is 32.2. The van der Waals surface area contributed by atoms with Crippen molar-refractivity contribution in [2.45, 2.75) is 57.0 Å². The van der Waals surface area contributed by atoms with E-state index in [0.717, 1.165) is 35.1 Å². The summed E-state index contributed by atoms with van der Waals surface area (Å²) < 4.78 is 29.7. The molecule has 0 unspecified atom stereocenters. The van der Waals surface area contributed by atoms with Crippen LogP contribution in [-0.2, 0) is 21.4 Å². The highest BCUT2D eigenvalue weighted by Crippen LogP contribution is 2.35. The predicted octanol–water partition coefficient (Wildman–Crippen LogP) is 2.84. The average Bonchev–Trinajstić information content (AvgIpc) is 3.40. The predicted molar refractivity (Wildman–Crippen MR) is 135 cm³/mol. The fraction of sp³-hybridized carbons (Fsp3) is 0.520. The maximum atomic E-state index is 13.1. The lowest BCUT2D eigenvalue weighted by atomic mass is 9.88. The van der Waals surface area contributed by atoms with Gasteiger partial charge in [-0.15, -0.1) is 0 Å². The Hall–Kier alpha value is -2.49. The molecule has 1 aromatic heterocycles. The Balaban J connectivity index is 1.29. The quantitative estimate of drug-likeness (QED) is 0.658. The molecule has 1 amide bonds. The van der Waals surface area contributed by atoms with E-state index in [9.17, 15) is 13.2 Å². The number of fused-ring (bicyclic) bond motifs is 1. The molecule has 9 heteroatoms. The number of nitrogens with two attached hydrogens (primary N) is 1. The number of hydrogen-bond donors (Lipinski definition) is 2. The average molecular weight is 484 g/mol. The topological polar surface area (TPSA) is 110 Å². The van der Waals surface area contributed by atoms with Gasteiger partial charge in [0, 0.05) is 54.6 Å². The summed E-state index contributed by atoms with van der Waals surface area (Å²) in [6, 6.07) is 7.84. The molecule has 1 aliphatic carbocycles. The van der Waals surface area contributed by atoms with Gasteiger partial charge in [-0.05, 0) is 49.5 Å². The summed E-state index contributed by atoms with van der Waals surface area (Å²) in [6.45, 7) is 1.83. The van der Waals surface area contributed by atoms with E-state index in [0.29, 0.717) is 44.9 Å². The fourth-order valence-electron chi connectivity index (χ4n) is 5.53. The molecule has 34 heavy (non-hydrogen) atoms. The van der Waals surface area contributed by atoms with Crippen molar-refractivity contribution in [3.05, 3.63) is 41.4 Å². The van der Waals surface area contributed by atoms with E-state index in [1.807, 2.05) is 30.5 Å². The van der Waals surface area contributed by atoms with E-state index < -0.39 is 15.6 Å². The largest absolute Gasteiger partial charge is 0.346 e. The fourth-order valence-corrected chi connectivity index (χ4v) is 6.72. The molecule has 1 spiro atoms. The summed E-state index contributed by atoms with van der Waals surface area (Å²) in [5, 5.41) is 5.31. The van der Waals surface area contributed by atoms with Gasteiger partial charge in [-0.25, -0.2) is 8.42 Å². The van der Waals surface area contributed by atoms with E-state index in [2.05, 4.69) is 9.88 Å². The summed E-state index contributed by atoms with van der Waals surface area (Å²) in [5.41, 5.74) is 6.77. The first-order chi connectivity index (χ1) is 16.4. The minimum absolute atomic E-state index is 0.0608. The maximum absolute atomic E-state index is 13.1. The van der Waals surface area contributed by atoms with Crippen LogP contribution in [0.1, 0.15) is 50.5 Å². The van der Waals surface area contributed by atoms with Crippen LogP contribution >= 0.6 is 0 Å². The van der Waals surface area contributed by atoms with Gasteiger partial charge in [-0.1, -0.05) is 31.4 Å². The summed E-state index contributed by atoms with van der Waals surface area (Å²) >= 11 is 0. The van der Waals surface area contributed by atoms with E-state index in [-0.39, 0.29) is 5.91 Å². The van der Waals surface area contributed by atoms with E-state index in [4.69, 9.17) is 10.7 Å². The maximum Gasteiger partial charge on any atom is 0.253 e. The number of nitrogens with one attached hydrogen (secondary N) is 1. The third-order valence-electron chi connectivity index (χ3n) is 7.54. The van der Waals surface area contributed by atoms with E-state index in [1.54, 1.807) is 6.08 Å². The zero-order chi connectivity index (χ0) is 23.8. The number of benzene rings is 1. The molecule has 3 heterocycles. The van der Waals surface area contributed by atoms with Gasteiger partial charge in [-0.2, -0.15) is 4.31 Å². The zero-order valence-corrected chi connectivity index (χ0v) is 20.3. The number of aliphatic imine (C=N–C) groups is 1. The van der Waals surface area contributed by atoms with Crippen LogP contribution in [0.25, 0.3) is 17.0 Å². The monoisotopic (exact) mass is 483 g/mol. The first-order valence-corrected chi connectivity index (χ1v) is 13.8. The van der Waals surface area contributed by atoms with Crippen molar-refractivity contribution in [3.63, 3.8) is 0 Å². The smallest absolute Gasteiger partial charge is 0.253 e. The van der Waals surface area contributed by atoms with Crippen molar-refractivity contribution in [3.8, 4) is 0 Å². The van der Waals surface area contributed by atoms with Crippen LogP contribution in [0, 0.1) is 5.92 Å². The Morgan fingerprint density at radius 2 is 1.91 bits per heavy atom. The second-order valence-corrected chi connectivity index (χ2v) is 11.5. The molecule has 0 atom stereocenters. The Labute approximate surface area is 200 Å². The standard InChI is InChI=1S/C25H33N5O3S/c26-13-17-29-14-9-21-19(7-4-8-22(21)29)10-18-34(32,33)30-15-11-25(12-16-30)24(31)27-23(28-25)20-5-2-1-3-6-20/h4,7-10,14,18,20H,1-3,5-6,11-13,15-17,26H2,(H,27,28,31). The van der Waals surface area contributed by atoms with Crippen LogP contribution in [0.15, 0.2) is 40.9 Å². The molecule has 8 nitrogen and oxygen atoms in total. The number of amidine groups is 1. The van der Waals surface area contributed by atoms with Crippen molar-refractivity contribution in [1.29, 1.82) is 0 Å².